The fraction of sp³-hybridized carbons (Fsp3) is 0. The van der Waals surface area contributed by atoms with Crippen LogP contribution in [0.5, 0.6) is 0 Å². The van der Waals surface area contributed by atoms with Gasteiger partial charge in [0.05, 0.1) is 12.5 Å². The molecule has 2 nitrogen and oxygen atoms in total. The molecule has 0 aliphatic heterocycles. The smallest absolute Gasteiger partial charge is 0.144 e. The van der Waals surface area contributed by atoms with E-state index < -0.39 is 0 Å². The van der Waals surface area contributed by atoms with E-state index in [9.17, 15) is 0 Å². The van der Waals surface area contributed by atoms with Gasteiger partial charge in [-0.05, 0) is 29.7 Å². The summed E-state index contributed by atoms with van der Waals surface area (Å²) in [5, 5.41) is 2.04. The van der Waals surface area contributed by atoms with Crippen molar-refractivity contribution in [2.45, 2.75) is 0 Å². The SMILES string of the molecule is C(=Cc1cccs1)N=Cc1ccco1. The highest BCUT2D eigenvalue weighted by Crippen LogP contribution is 2.09. The Morgan fingerprint density at radius 3 is 3.00 bits per heavy atom. The first kappa shape index (κ1) is 8.97. The van der Waals surface area contributed by atoms with E-state index in [1.54, 1.807) is 30.0 Å². The third kappa shape index (κ3) is 2.44. The Balaban J connectivity index is 1.94. The Kier molecular flexibility index (Phi) is 2.93. The van der Waals surface area contributed by atoms with Crippen LogP contribution >= 0.6 is 11.3 Å². The maximum Gasteiger partial charge on any atom is 0.144 e. The zero-order valence-corrected chi connectivity index (χ0v) is 8.28. The largest absolute Gasteiger partial charge is 0.463 e. The Labute approximate surface area is 86.2 Å². The van der Waals surface area contributed by atoms with Gasteiger partial charge in [-0.2, -0.15) is 0 Å². The molecule has 0 aromatic carbocycles. The van der Waals surface area contributed by atoms with Gasteiger partial charge in [-0.25, -0.2) is 0 Å². The Morgan fingerprint density at radius 2 is 2.29 bits per heavy atom. The molecule has 3 heteroatoms. The minimum absolute atomic E-state index is 0.765. The minimum atomic E-state index is 0.765. The highest BCUT2D eigenvalue weighted by molar-refractivity contribution is 7.10. The van der Waals surface area contributed by atoms with Crippen LogP contribution in [0.25, 0.3) is 6.08 Å². The molecular formula is C11H9NOS. The van der Waals surface area contributed by atoms with Crippen molar-refractivity contribution in [1.29, 1.82) is 0 Å². The van der Waals surface area contributed by atoms with E-state index in [0.717, 1.165) is 5.76 Å². The van der Waals surface area contributed by atoms with E-state index in [4.69, 9.17) is 4.42 Å². The van der Waals surface area contributed by atoms with E-state index in [-0.39, 0.29) is 0 Å². The molecule has 0 saturated heterocycles. The van der Waals surface area contributed by atoms with Crippen LogP contribution in [0.4, 0.5) is 0 Å². The lowest BCUT2D eigenvalue weighted by atomic mass is 10.4. The zero-order valence-electron chi connectivity index (χ0n) is 7.46. The van der Waals surface area contributed by atoms with Crippen molar-refractivity contribution < 1.29 is 4.42 Å². The second kappa shape index (κ2) is 4.58. The molecule has 0 spiro atoms. The Morgan fingerprint density at radius 1 is 1.29 bits per heavy atom. The van der Waals surface area contributed by atoms with Gasteiger partial charge in [-0.1, -0.05) is 6.07 Å². The maximum atomic E-state index is 5.09. The van der Waals surface area contributed by atoms with Crippen molar-refractivity contribution in [3.8, 4) is 0 Å². The first-order valence-corrected chi connectivity index (χ1v) is 5.10. The first-order chi connectivity index (χ1) is 6.95. The molecule has 14 heavy (non-hydrogen) atoms. The molecule has 70 valence electrons. The van der Waals surface area contributed by atoms with Crippen LogP contribution in [-0.4, -0.2) is 6.21 Å². The van der Waals surface area contributed by atoms with Crippen molar-refractivity contribution in [2.24, 2.45) is 4.99 Å². The fourth-order valence-corrected chi connectivity index (χ4v) is 1.59. The Bertz CT molecular complexity index is 370. The summed E-state index contributed by atoms with van der Waals surface area (Å²) in [6.07, 6.45) is 7.03. The molecule has 0 atom stereocenters. The number of furan rings is 1. The van der Waals surface area contributed by atoms with E-state index in [1.807, 2.05) is 35.7 Å². The van der Waals surface area contributed by atoms with Gasteiger partial charge >= 0.3 is 0 Å². The third-order valence-corrected chi connectivity index (χ3v) is 2.45. The third-order valence-electron chi connectivity index (χ3n) is 1.61. The van der Waals surface area contributed by atoms with Crippen LogP contribution in [0.3, 0.4) is 0 Å². The average Bonchev–Trinajstić information content (AvgIpc) is 2.86. The van der Waals surface area contributed by atoms with Crippen molar-refractivity contribution >= 4 is 23.6 Å². The van der Waals surface area contributed by atoms with Crippen LogP contribution in [0, 0.1) is 0 Å². The molecule has 0 N–H and O–H groups in total. The summed E-state index contributed by atoms with van der Waals surface area (Å²) >= 11 is 1.69. The summed E-state index contributed by atoms with van der Waals surface area (Å²) in [5.74, 6) is 0.765. The van der Waals surface area contributed by atoms with Gasteiger partial charge in [0.25, 0.3) is 0 Å². The molecular weight excluding hydrogens is 194 g/mol. The molecule has 2 rings (SSSR count). The Hall–Kier alpha value is -1.61. The standard InChI is InChI=1S/C11H9NOS/c1-3-10(13-7-1)9-12-6-5-11-4-2-8-14-11/h1-9H. The van der Waals surface area contributed by atoms with Crippen molar-refractivity contribution in [3.05, 3.63) is 52.7 Å². The molecule has 0 aliphatic carbocycles. The second-order valence-corrected chi connectivity index (χ2v) is 3.60. The monoisotopic (exact) mass is 203 g/mol. The summed E-state index contributed by atoms with van der Waals surface area (Å²) < 4.78 is 5.09. The summed E-state index contributed by atoms with van der Waals surface area (Å²) in [6.45, 7) is 0. The van der Waals surface area contributed by atoms with Gasteiger partial charge in [-0.3, -0.25) is 4.99 Å². The van der Waals surface area contributed by atoms with Gasteiger partial charge in [-0.15, -0.1) is 11.3 Å². The molecule has 0 aliphatic rings. The first-order valence-electron chi connectivity index (χ1n) is 4.22. The number of aliphatic imine (C=N–C) groups is 1. The van der Waals surface area contributed by atoms with Crippen LogP contribution in [0.15, 0.2) is 51.5 Å². The van der Waals surface area contributed by atoms with Crippen molar-refractivity contribution in [3.63, 3.8) is 0 Å². The molecule has 0 bridgehead atoms. The molecule has 2 aromatic heterocycles. The van der Waals surface area contributed by atoms with Crippen LogP contribution in [-0.2, 0) is 0 Å². The zero-order chi connectivity index (χ0) is 9.64. The lowest BCUT2D eigenvalue weighted by Crippen LogP contribution is -1.70. The van der Waals surface area contributed by atoms with Crippen LogP contribution in [0.2, 0.25) is 0 Å². The topological polar surface area (TPSA) is 25.5 Å². The van der Waals surface area contributed by atoms with Crippen molar-refractivity contribution in [2.75, 3.05) is 0 Å². The fourth-order valence-electron chi connectivity index (χ4n) is 0.984. The summed E-state index contributed by atoms with van der Waals surface area (Å²) in [6, 6.07) is 7.76. The molecule has 0 unspecified atom stereocenters. The lowest BCUT2D eigenvalue weighted by molar-refractivity contribution is 0.560. The summed E-state index contributed by atoms with van der Waals surface area (Å²) in [4.78, 5) is 5.29. The predicted octanol–water partition coefficient (Wildman–Crippen LogP) is 3.43. The van der Waals surface area contributed by atoms with E-state index in [0.29, 0.717) is 0 Å². The number of hydrogen-bond acceptors (Lipinski definition) is 3. The highest BCUT2D eigenvalue weighted by Gasteiger charge is 1.86. The molecule has 0 amide bonds. The average molecular weight is 203 g/mol. The number of thiophene rings is 1. The van der Waals surface area contributed by atoms with Crippen LogP contribution in [0.1, 0.15) is 10.6 Å². The summed E-state index contributed by atoms with van der Waals surface area (Å²) in [5.41, 5.74) is 0. The van der Waals surface area contributed by atoms with Gasteiger partial charge in [0.1, 0.15) is 5.76 Å². The van der Waals surface area contributed by atoms with E-state index in [1.165, 1.54) is 4.88 Å². The van der Waals surface area contributed by atoms with Gasteiger partial charge in [0.2, 0.25) is 0 Å². The number of hydrogen-bond donors (Lipinski definition) is 0. The lowest BCUT2D eigenvalue weighted by Gasteiger charge is -1.81. The van der Waals surface area contributed by atoms with E-state index >= 15 is 0 Å². The summed E-state index contributed by atoms with van der Waals surface area (Å²) in [7, 11) is 0. The normalized spacial score (nSPS) is 11.7. The molecule has 2 heterocycles. The molecule has 0 radical (unpaired) electrons. The van der Waals surface area contributed by atoms with E-state index in [2.05, 4.69) is 4.99 Å². The van der Waals surface area contributed by atoms with Gasteiger partial charge in [0, 0.05) is 11.1 Å². The van der Waals surface area contributed by atoms with Gasteiger partial charge < -0.3 is 4.42 Å². The quantitative estimate of drug-likeness (QED) is 0.701. The number of rotatable bonds is 3. The number of nitrogens with zero attached hydrogens (tertiary/aromatic N) is 1. The molecule has 2 aromatic rings. The maximum absolute atomic E-state index is 5.09. The molecule has 0 fully saturated rings. The molecule has 0 saturated carbocycles. The predicted molar refractivity (Wildman–Crippen MR) is 59.7 cm³/mol. The minimum Gasteiger partial charge on any atom is -0.463 e. The second-order valence-electron chi connectivity index (χ2n) is 2.62. The van der Waals surface area contributed by atoms with Crippen LogP contribution < -0.4 is 0 Å². The highest BCUT2D eigenvalue weighted by atomic mass is 32.1. The van der Waals surface area contributed by atoms with Crippen molar-refractivity contribution in [1.82, 2.24) is 0 Å². The van der Waals surface area contributed by atoms with Gasteiger partial charge in [0.15, 0.2) is 0 Å².